The fraction of sp³-hybridized carbons (Fsp3) is 0.310. The van der Waals surface area contributed by atoms with Crippen molar-refractivity contribution in [1.82, 2.24) is 4.90 Å². The van der Waals surface area contributed by atoms with Crippen molar-refractivity contribution >= 4 is 74.5 Å². The van der Waals surface area contributed by atoms with Crippen molar-refractivity contribution in [3.8, 4) is 5.75 Å². The summed E-state index contributed by atoms with van der Waals surface area (Å²) in [5, 5.41) is 10.3. The number of halogens is 3. The van der Waals surface area contributed by atoms with Gasteiger partial charge in [0.25, 0.3) is 11.8 Å². The summed E-state index contributed by atoms with van der Waals surface area (Å²) in [5.41, 5.74) is 2.38. The number of phenolic OH excluding ortho intramolecular Hbond substituents is 1. The number of aromatic hydroxyl groups is 1. The molecule has 200 valence electrons. The number of phenols is 1. The van der Waals surface area contributed by atoms with Gasteiger partial charge in [-0.05, 0) is 54.2 Å². The van der Waals surface area contributed by atoms with Gasteiger partial charge >= 0.3 is 0 Å². The van der Waals surface area contributed by atoms with Gasteiger partial charge in [-0.3, -0.25) is 29.0 Å². The molecule has 6 atom stereocenters. The third-order valence-corrected chi connectivity index (χ3v) is 10.5. The summed E-state index contributed by atoms with van der Waals surface area (Å²) in [5.74, 6) is -4.99. The largest absolute Gasteiger partial charge is 0.508 e. The summed E-state index contributed by atoms with van der Waals surface area (Å²) in [6, 6.07) is 13.3. The Morgan fingerprint density at radius 3 is 2.38 bits per heavy atom. The number of likely N-dealkylation sites (tertiary alicyclic amines) is 1. The number of alkyl halides is 3. The third-order valence-electron chi connectivity index (χ3n) is 8.61. The summed E-state index contributed by atoms with van der Waals surface area (Å²) in [4.78, 5) is 53.3. The Morgan fingerprint density at radius 2 is 1.74 bits per heavy atom. The first kappa shape index (κ1) is 26.3. The van der Waals surface area contributed by atoms with Crippen molar-refractivity contribution in [2.24, 2.45) is 17.8 Å². The van der Waals surface area contributed by atoms with Crippen LogP contribution in [-0.4, -0.2) is 48.8 Å². The van der Waals surface area contributed by atoms with Gasteiger partial charge in [0.15, 0.2) is 9.75 Å². The van der Waals surface area contributed by atoms with Gasteiger partial charge in [-0.25, -0.2) is 0 Å². The molecule has 1 N–H and O–H groups in total. The molecule has 2 heterocycles. The van der Waals surface area contributed by atoms with Crippen molar-refractivity contribution in [1.29, 1.82) is 0 Å². The molecule has 1 saturated carbocycles. The lowest BCUT2D eigenvalue weighted by molar-refractivity contribution is -0.138. The zero-order valence-electron chi connectivity index (χ0n) is 20.5. The second kappa shape index (κ2) is 9.04. The van der Waals surface area contributed by atoms with E-state index in [0.29, 0.717) is 16.8 Å². The molecule has 2 aromatic rings. The minimum Gasteiger partial charge on any atom is -0.508 e. The Morgan fingerprint density at radius 1 is 1.03 bits per heavy atom. The Labute approximate surface area is 243 Å². The van der Waals surface area contributed by atoms with Crippen molar-refractivity contribution in [2.75, 3.05) is 10.4 Å². The van der Waals surface area contributed by atoms with Crippen LogP contribution in [0.1, 0.15) is 29.9 Å². The standard InChI is InChI=1S/C29H23BrCl2N2O5/c1-2-15-6-8-17(9-7-15)34-24(36)20-11-10-19-21(22(20)25(34)37)13-28(31)26(38)33(14-30)27(39)29(28,32)23(19)16-4-3-5-18(35)12-16/h2-10,12,20-23,35H,1,11,13-14H2. The monoisotopic (exact) mass is 628 g/mol. The highest BCUT2D eigenvalue weighted by Crippen LogP contribution is 2.65. The highest BCUT2D eigenvalue weighted by molar-refractivity contribution is 9.09. The van der Waals surface area contributed by atoms with Crippen LogP contribution in [0.4, 0.5) is 5.69 Å². The Balaban J connectivity index is 1.50. The lowest BCUT2D eigenvalue weighted by Crippen LogP contribution is -2.60. The summed E-state index contributed by atoms with van der Waals surface area (Å²) in [6.07, 6.45) is 3.72. The molecule has 0 radical (unpaired) electrons. The Bertz CT molecular complexity index is 1490. The van der Waals surface area contributed by atoms with Gasteiger partial charge in [0.2, 0.25) is 11.8 Å². The predicted molar refractivity (Wildman–Crippen MR) is 150 cm³/mol. The molecule has 4 aliphatic rings. The first-order valence-corrected chi connectivity index (χ1v) is 14.4. The van der Waals surface area contributed by atoms with Gasteiger partial charge in [0, 0.05) is 5.92 Å². The molecule has 10 heteroatoms. The first-order valence-electron chi connectivity index (χ1n) is 12.5. The van der Waals surface area contributed by atoms with E-state index in [4.69, 9.17) is 23.2 Å². The minimum atomic E-state index is -1.89. The molecule has 0 spiro atoms. The Kier molecular flexibility index (Phi) is 6.10. The van der Waals surface area contributed by atoms with E-state index in [1.54, 1.807) is 42.5 Å². The van der Waals surface area contributed by atoms with Gasteiger partial charge < -0.3 is 5.11 Å². The molecular weight excluding hydrogens is 607 g/mol. The summed E-state index contributed by atoms with van der Waals surface area (Å²) >= 11 is 17.5. The second-order valence-electron chi connectivity index (χ2n) is 10.4. The number of rotatable bonds is 4. The molecule has 2 aliphatic carbocycles. The number of imide groups is 2. The van der Waals surface area contributed by atoms with Gasteiger partial charge in [0.1, 0.15) is 5.75 Å². The van der Waals surface area contributed by atoms with Crippen molar-refractivity contribution in [3.05, 3.63) is 77.9 Å². The molecule has 0 aromatic heterocycles. The van der Waals surface area contributed by atoms with Crippen LogP contribution < -0.4 is 4.90 Å². The number of fused-ring (bicyclic) bond motifs is 4. The highest BCUT2D eigenvalue weighted by atomic mass is 79.9. The second-order valence-corrected chi connectivity index (χ2v) is 12.1. The molecule has 7 nitrogen and oxygen atoms in total. The molecule has 0 bridgehead atoms. The fourth-order valence-electron chi connectivity index (χ4n) is 6.85. The van der Waals surface area contributed by atoms with E-state index in [-0.39, 0.29) is 35.9 Å². The fourth-order valence-corrected chi connectivity index (χ4v) is 8.27. The minimum absolute atomic E-state index is 0.0419. The number of amides is 4. The quantitative estimate of drug-likeness (QED) is 0.224. The number of hydrogen-bond donors (Lipinski definition) is 1. The summed E-state index contributed by atoms with van der Waals surface area (Å²) in [6.45, 7) is 3.74. The average molecular weight is 630 g/mol. The van der Waals surface area contributed by atoms with Crippen molar-refractivity contribution in [2.45, 2.75) is 28.5 Å². The van der Waals surface area contributed by atoms with Crippen molar-refractivity contribution < 1.29 is 24.3 Å². The van der Waals surface area contributed by atoms with Crippen LogP contribution in [0.2, 0.25) is 0 Å². The highest BCUT2D eigenvalue weighted by Gasteiger charge is 2.76. The molecule has 39 heavy (non-hydrogen) atoms. The normalized spacial score (nSPS) is 33.6. The van der Waals surface area contributed by atoms with E-state index in [9.17, 15) is 24.3 Å². The molecule has 6 unspecified atom stereocenters. The maximum absolute atomic E-state index is 14.0. The van der Waals surface area contributed by atoms with Gasteiger partial charge in [-0.1, -0.05) is 64.5 Å². The number of hydrogen-bond acceptors (Lipinski definition) is 5. The van der Waals surface area contributed by atoms with Crippen LogP contribution in [0.5, 0.6) is 5.75 Å². The van der Waals surface area contributed by atoms with Crippen LogP contribution in [0, 0.1) is 17.8 Å². The Hall–Kier alpha value is -2.94. The number of benzene rings is 2. The van der Waals surface area contributed by atoms with Crippen LogP contribution in [-0.2, 0) is 19.2 Å². The van der Waals surface area contributed by atoms with E-state index in [2.05, 4.69) is 22.5 Å². The smallest absolute Gasteiger partial charge is 0.254 e. The SMILES string of the molecule is C=Cc1ccc(N2C(=O)C3CC=C4C(CC5(Cl)C(=O)N(CBr)C(=O)C5(Cl)C4c4cccc(O)c4)C3C2=O)cc1. The average Bonchev–Trinajstić information content (AvgIpc) is 3.26. The molecule has 3 fully saturated rings. The van der Waals surface area contributed by atoms with E-state index in [1.165, 1.54) is 17.0 Å². The van der Waals surface area contributed by atoms with Crippen molar-refractivity contribution in [3.63, 3.8) is 0 Å². The third kappa shape index (κ3) is 3.41. The van der Waals surface area contributed by atoms with E-state index < -0.39 is 45.2 Å². The van der Waals surface area contributed by atoms with Crippen LogP contribution in [0.3, 0.4) is 0 Å². The van der Waals surface area contributed by atoms with Crippen LogP contribution >= 0.6 is 39.1 Å². The van der Waals surface area contributed by atoms with Gasteiger partial charge in [-0.2, -0.15) is 0 Å². The van der Waals surface area contributed by atoms with Gasteiger partial charge in [-0.15, -0.1) is 23.2 Å². The maximum Gasteiger partial charge on any atom is 0.254 e. The molecule has 2 aliphatic heterocycles. The van der Waals surface area contributed by atoms with Crippen LogP contribution in [0.15, 0.2) is 66.8 Å². The van der Waals surface area contributed by atoms with Gasteiger partial charge in [0.05, 0.1) is 23.0 Å². The molecular formula is C29H23BrCl2N2O5. The maximum atomic E-state index is 14.0. The molecule has 2 aromatic carbocycles. The van der Waals surface area contributed by atoms with E-state index >= 15 is 0 Å². The molecule has 2 saturated heterocycles. The number of carbonyl (C=O) groups is 4. The summed E-state index contributed by atoms with van der Waals surface area (Å²) < 4.78 is 0. The summed E-state index contributed by atoms with van der Waals surface area (Å²) in [7, 11) is 0. The van der Waals surface area contributed by atoms with E-state index in [0.717, 1.165) is 10.5 Å². The first-order chi connectivity index (χ1) is 18.6. The number of carbonyl (C=O) groups excluding carboxylic acids is 4. The zero-order chi connectivity index (χ0) is 27.9. The lowest BCUT2D eigenvalue weighted by atomic mass is 9.56. The van der Waals surface area contributed by atoms with E-state index in [1.807, 2.05) is 6.08 Å². The predicted octanol–water partition coefficient (Wildman–Crippen LogP) is 4.95. The molecule has 4 amide bonds. The lowest BCUT2D eigenvalue weighted by Gasteiger charge is -2.50. The van der Waals surface area contributed by atoms with Crippen LogP contribution in [0.25, 0.3) is 6.08 Å². The number of allylic oxidation sites excluding steroid dienone is 2. The molecule has 6 rings (SSSR count). The number of nitrogens with zero attached hydrogens (tertiary/aromatic N) is 2. The topological polar surface area (TPSA) is 95.0 Å². The zero-order valence-corrected chi connectivity index (χ0v) is 23.6. The number of anilines is 1.